The molecule has 0 saturated carbocycles. The first-order valence-corrected chi connectivity index (χ1v) is 9.72. The maximum absolute atomic E-state index is 13.0. The molecule has 1 aliphatic rings. The van der Waals surface area contributed by atoms with Gasteiger partial charge < -0.3 is 9.84 Å². The average Bonchev–Trinajstić information content (AvgIpc) is 3.24. The molecule has 1 N–H and O–H groups in total. The van der Waals surface area contributed by atoms with Crippen molar-refractivity contribution in [2.75, 3.05) is 7.11 Å². The number of aromatic hydroxyl groups is 1. The summed E-state index contributed by atoms with van der Waals surface area (Å²) in [7, 11) is 1.62. The minimum atomic E-state index is -0.265. The molecule has 0 bridgehead atoms. The Morgan fingerprint density at radius 2 is 1.73 bits per heavy atom. The van der Waals surface area contributed by atoms with Crippen LogP contribution in [0.2, 0.25) is 0 Å². The monoisotopic (exact) mass is 398 g/mol. The molecule has 0 aliphatic carbocycles. The van der Waals surface area contributed by atoms with E-state index < -0.39 is 0 Å². The molecule has 1 unspecified atom stereocenters. The number of hydrogen-bond acceptors (Lipinski definition) is 4. The fourth-order valence-corrected chi connectivity index (χ4v) is 3.49. The van der Waals surface area contributed by atoms with Crippen LogP contribution in [0.3, 0.4) is 0 Å². The number of phenolic OH excluding ortho intramolecular Hbond substituents is 1. The Morgan fingerprint density at radius 1 is 1.03 bits per heavy atom. The van der Waals surface area contributed by atoms with Crippen LogP contribution in [0.25, 0.3) is 6.08 Å². The lowest BCUT2D eigenvalue weighted by molar-refractivity contribution is -0.127. The van der Waals surface area contributed by atoms with Gasteiger partial charge in [0.05, 0.1) is 18.9 Å². The maximum atomic E-state index is 13.0. The molecule has 4 rings (SSSR count). The first kappa shape index (κ1) is 19.5. The zero-order chi connectivity index (χ0) is 20.9. The number of hydrogen-bond donors (Lipinski definition) is 1. The molecular formula is C25H22N2O3. The Hall–Kier alpha value is -3.86. The van der Waals surface area contributed by atoms with Crippen molar-refractivity contribution < 1.29 is 14.6 Å². The molecule has 0 aromatic heterocycles. The van der Waals surface area contributed by atoms with Gasteiger partial charge in [-0.05, 0) is 41.5 Å². The topological polar surface area (TPSA) is 62.1 Å². The van der Waals surface area contributed by atoms with E-state index in [1.807, 2.05) is 66.7 Å². The van der Waals surface area contributed by atoms with E-state index in [2.05, 4.69) is 5.10 Å². The van der Waals surface area contributed by atoms with Crippen LogP contribution in [0.4, 0.5) is 0 Å². The van der Waals surface area contributed by atoms with Crippen LogP contribution < -0.4 is 4.74 Å². The van der Waals surface area contributed by atoms with Crippen LogP contribution in [0.15, 0.2) is 90.0 Å². The number of rotatable bonds is 5. The van der Waals surface area contributed by atoms with E-state index >= 15 is 0 Å². The third-order valence-corrected chi connectivity index (χ3v) is 5.07. The molecule has 0 spiro atoms. The highest BCUT2D eigenvalue weighted by Gasteiger charge is 2.33. The van der Waals surface area contributed by atoms with Gasteiger partial charge in [0.1, 0.15) is 11.5 Å². The van der Waals surface area contributed by atoms with E-state index in [0.29, 0.717) is 17.7 Å². The second-order valence-electron chi connectivity index (χ2n) is 6.98. The first-order valence-electron chi connectivity index (χ1n) is 9.72. The summed E-state index contributed by atoms with van der Waals surface area (Å²) in [4.78, 5) is 13.0. The lowest BCUT2D eigenvalue weighted by Crippen LogP contribution is -2.25. The van der Waals surface area contributed by atoms with Crippen molar-refractivity contribution in [3.05, 3.63) is 102 Å². The standard InChI is InChI=1S/C25H22N2O3/c1-30-20-14-12-19(13-15-20)23-17-22(21-9-5-6-10-24(21)28)26-27(23)25(29)16-11-18-7-3-2-4-8-18/h2-16,23,28H,17H2,1H3/b16-11+. The largest absolute Gasteiger partial charge is 0.507 e. The van der Waals surface area contributed by atoms with Gasteiger partial charge >= 0.3 is 0 Å². The van der Waals surface area contributed by atoms with Gasteiger partial charge in [0, 0.05) is 18.1 Å². The maximum Gasteiger partial charge on any atom is 0.267 e. The summed E-state index contributed by atoms with van der Waals surface area (Å²) in [5.74, 6) is 0.685. The molecule has 5 nitrogen and oxygen atoms in total. The number of methoxy groups -OCH3 is 1. The van der Waals surface area contributed by atoms with Crippen molar-refractivity contribution in [1.29, 1.82) is 0 Å². The number of ether oxygens (including phenoxy) is 1. The summed E-state index contributed by atoms with van der Waals surface area (Å²) < 4.78 is 5.25. The SMILES string of the molecule is COc1ccc(C2CC(c3ccccc3O)=NN2C(=O)/C=C/c2ccccc2)cc1. The van der Waals surface area contributed by atoms with Gasteiger partial charge in [0.15, 0.2) is 0 Å². The molecule has 30 heavy (non-hydrogen) atoms. The number of amides is 1. The number of carbonyl (C=O) groups is 1. The van der Waals surface area contributed by atoms with Crippen molar-refractivity contribution in [2.45, 2.75) is 12.5 Å². The smallest absolute Gasteiger partial charge is 0.267 e. The zero-order valence-corrected chi connectivity index (χ0v) is 16.6. The molecule has 1 atom stereocenters. The van der Waals surface area contributed by atoms with E-state index in [1.54, 1.807) is 25.3 Å². The Morgan fingerprint density at radius 3 is 2.43 bits per heavy atom. The Kier molecular flexibility index (Phi) is 5.61. The molecule has 3 aromatic carbocycles. The third kappa shape index (κ3) is 4.10. The fraction of sp³-hybridized carbons (Fsp3) is 0.120. The van der Waals surface area contributed by atoms with Gasteiger partial charge in [-0.15, -0.1) is 0 Å². The molecule has 1 heterocycles. The van der Waals surface area contributed by atoms with Crippen molar-refractivity contribution >= 4 is 17.7 Å². The molecule has 5 heteroatoms. The highest BCUT2D eigenvalue weighted by Crippen LogP contribution is 2.35. The number of para-hydroxylation sites is 1. The van der Waals surface area contributed by atoms with Crippen molar-refractivity contribution in [2.24, 2.45) is 5.10 Å². The van der Waals surface area contributed by atoms with E-state index in [4.69, 9.17) is 4.74 Å². The predicted octanol–water partition coefficient (Wildman–Crippen LogP) is 4.79. The molecule has 3 aromatic rings. The van der Waals surface area contributed by atoms with Crippen LogP contribution in [0.1, 0.15) is 29.2 Å². The number of nitrogens with zero attached hydrogens (tertiary/aromatic N) is 2. The van der Waals surface area contributed by atoms with Gasteiger partial charge in [-0.3, -0.25) is 4.79 Å². The lowest BCUT2D eigenvalue weighted by atomic mass is 9.98. The fourth-order valence-electron chi connectivity index (χ4n) is 3.49. The Balaban J connectivity index is 1.66. The summed E-state index contributed by atoms with van der Waals surface area (Å²) in [5.41, 5.74) is 3.20. The highest BCUT2D eigenvalue weighted by atomic mass is 16.5. The van der Waals surface area contributed by atoms with E-state index in [9.17, 15) is 9.90 Å². The van der Waals surface area contributed by atoms with Crippen LogP contribution >= 0.6 is 0 Å². The minimum Gasteiger partial charge on any atom is -0.507 e. The third-order valence-electron chi connectivity index (χ3n) is 5.07. The van der Waals surface area contributed by atoms with Gasteiger partial charge in [0.25, 0.3) is 5.91 Å². The Labute approximate surface area is 175 Å². The van der Waals surface area contributed by atoms with Crippen molar-refractivity contribution in [1.82, 2.24) is 5.01 Å². The molecule has 1 amide bonds. The van der Waals surface area contributed by atoms with E-state index in [1.165, 1.54) is 11.1 Å². The van der Waals surface area contributed by atoms with Gasteiger partial charge in [-0.1, -0.05) is 54.6 Å². The highest BCUT2D eigenvalue weighted by molar-refractivity contribution is 6.06. The molecule has 150 valence electrons. The van der Waals surface area contributed by atoms with Gasteiger partial charge in [-0.2, -0.15) is 5.10 Å². The van der Waals surface area contributed by atoms with E-state index in [0.717, 1.165) is 16.9 Å². The zero-order valence-electron chi connectivity index (χ0n) is 16.6. The molecule has 0 saturated heterocycles. The van der Waals surface area contributed by atoms with Gasteiger partial charge in [0.2, 0.25) is 0 Å². The summed E-state index contributed by atoms with van der Waals surface area (Å²) in [6, 6.07) is 24.1. The van der Waals surface area contributed by atoms with Crippen LogP contribution in [0.5, 0.6) is 11.5 Å². The van der Waals surface area contributed by atoms with Crippen molar-refractivity contribution in [3.63, 3.8) is 0 Å². The van der Waals surface area contributed by atoms with Crippen LogP contribution in [0, 0.1) is 0 Å². The predicted molar refractivity (Wildman–Crippen MR) is 117 cm³/mol. The number of benzene rings is 3. The number of carbonyl (C=O) groups excluding carboxylic acids is 1. The Bertz CT molecular complexity index is 1090. The molecule has 0 radical (unpaired) electrons. The average molecular weight is 398 g/mol. The van der Waals surface area contributed by atoms with Crippen molar-refractivity contribution in [3.8, 4) is 11.5 Å². The first-order chi connectivity index (χ1) is 14.7. The van der Waals surface area contributed by atoms with Gasteiger partial charge in [-0.25, -0.2) is 5.01 Å². The molecule has 0 fully saturated rings. The lowest BCUT2D eigenvalue weighted by Gasteiger charge is -2.21. The molecular weight excluding hydrogens is 376 g/mol. The summed E-state index contributed by atoms with van der Waals surface area (Å²) in [6.07, 6.45) is 3.82. The number of phenols is 1. The summed E-state index contributed by atoms with van der Waals surface area (Å²) in [6.45, 7) is 0. The number of hydrazone groups is 1. The normalized spacial score (nSPS) is 16.0. The molecule has 1 aliphatic heterocycles. The summed E-state index contributed by atoms with van der Waals surface area (Å²) >= 11 is 0. The van der Waals surface area contributed by atoms with Crippen LogP contribution in [-0.2, 0) is 4.79 Å². The quantitative estimate of drug-likeness (QED) is 0.629. The minimum absolute atomic E-state index is 0.152. The van der Waals surface area contributed by atoms with Crippen LogP contribution in [-0.4, -0.2) is 28.8 Å². The van der Waals surface area contributed by atoms with E-state index in [-0.39, 0.29) is 17.7 Å². The summed E-state index contributed by atoms with van der Waals surface area (Å²) in [5, 5.41) is 16.3. The second kappa shape index (κ2) is 8.66. The second-order valence-corrected chi connectivity index (χ2v) is 6.98.